The molecule has 5 rings (SSSR count). The summed E-state index contributed by atoms with van der Waals surface area (Å²) in [7, 11) is 1.79. The first-order chi connectivity index (χ1) is 12.0. The quantitative estimate of drug-likeness (QED) is 0.851. The average Bonchev–Trinajstić information content (AvgIpc) is 3.06. The van der Waals surface area contributed by atoms with E-state index in [0.717, 1.165) is 44.2 Å². The zero-order chi connectivity index (χ0) is 17.7. The van der Waals surface area contributed by atoms with Crippen LogP contribution in [0.25, 0.3) is 0 Å². The molecule has 1 aromatic heterocycles. The molecule has 0 radical (unpaired) electrons. The van der Waals surface area contributed by atoms with Gasteiger partial charge in [-0.1, -0.05) is 0 Å². The molecule has 0 atom stereocenters. The van der Waals surface area contributed by atoms with Gasteiger partial charge in [-0.15, -0.1) is 0 Å². The van der Waals surface area contributed by atoms with Crippen LogP contribution in [0.2, 0.25) is 0 Å². The van der Waals surface area contributed by atoms with Gasteiger partial charge in [-0.05, 0) is 38.5 Å². The predicted molar refractivity (Wildman–Crippen MR) is 89.9 cm³/mol. The molecule has 8 nitrogen and oxygen atoms in total. The number of hydrogen-bond acceptors (Lipinski definition) is 4. The van der Waals surface area contributed by atoms with Crippen molar-refractivity contribution in [1.29, 1.82) is 0 Å². The molecule has 0 unspecified atom stereocenters. The smallest absolute Gasteiger partial charge is 0.315 e. The second kappa shape index (κ2) is 5.72. The zero-order valence-corrected chi connectivity index (χ0v) is 14.6. The number of carbonyl (C=O) groups excluding carboxylic acids is 2. The van der Waals surface area contributed by atoms with Crippen LogP contribution in [-0.2, 0) is 17.8 Å². The Morgan fingerprint density at radius 1 is 1.20 bits per heavy atom. The highest BCUT2D eigenvalue weighted by Crippen LogP contribution is 2.48. The molecule has 25 heavy (non-hydrogen) atoms. The molecule has 3 aliphatic carbocycles. The van der Waals surface area contributed by atoms with Crippen molar-refractivity contribution in [2.75, 3.05) is 13.7 Å². The number of rotatable bonds is 3. The number of hydrogen-bond donors (Lipinski definition) is 2. The Hall–Kier alpha value is -2.09. The second-order valence-electron chi connectivity index (χ2n) is 7.61. The number of urea groups is 1. The molecule has 3 N–H and O–H groups in total. The highest BCUT2D eigenvalue weighted by atomic mass is 16.5. The summed E-state index contributed by atoms with van der Waals surface area (Å²) >= 11 is 0. The number of amides is 3. The van der Waals surface area contributed by atoms with Crippen molar-refractivity contribution in [2.24, 2.45) is 5.73 Å². The summed E-state index contributed by atoms with van der Waals surface area (Å²) in [6.07, 6.45) is 7.43. The molecule has 8 heteroatoms. The van der Waals surface area contributed by atoms with Crippen molar-refractivity contribution in [3.05, 3.63) is 17.5 Å². The zero-order valence-electron chi connectivity index (χ0n) is 14.6. The maximum atomic E-state index is 12.9. The largest absolute Gasteiger partial charge is 0.378 e. The molecule has 3 saturated carbocycles. The van der Waals surface area contributed by atoms with Crippen LogP contribution in [0, 0.1) is 0 Å². The van der Waals surface area contributed by atoms with E-state index in [0.29, 0.717) is 25.2 Å². The van der Waals surface area contributed by atoms with Gasteiger partial charge in [0.05, 0.1) is 36.1 Å². The van der Waals surface area contributed by atoms with Crippen LogP contribution < -0.4 is 11.1 Å². The number of nitrogens with one attached hydrogen (secondary N) is 1. The van der Waals surface area contributed by atoms with Gasteiger partial charge < -0.3 is 20.7 Å². The van der Waals surface area contributed by atoms with Gasteiger partial charge in [0, 0.05) is 19.2 Å². The lowest BCUT2D eigenvalue weighted by molar-refractivity contribution is -0.0982. The maximum Gasteiger partial charge on any atom is 0.315 e. The van der Waals surface area contributed by atoms with Gasteiger partial charge in [0.25, 0.3) is 5.91 Å². The van der Waals surface area contributed by atoms with Crippen LogP contribution in [0.15, 0.2) is 6.20 Å². The van der Waals surface area contributed by atoms with E-state index >= 15 is 0 Å². The molecule has 0 saturated heterocycles. The molecule has 1 aliphatic heterocycles. The fourth-order valence-electron chi connectivity index (χ4n) is 4.58. The summed E-state index contributed by atoms with van der Waals surface area (Å²) < 4.78 is 7.52. The fraction of sp³-hybridized carbons (Fsp3) is 0.706. The molecule has 2 bridgehead atoms. The third-order valence-corrected chi connectivity index (χ3v) is 6.42. The molecule has 2 heterocycles. The van der Waals surface area contributed by atoms with Gasteiger partial charge in [0.15, 0.2) is 0 Å². The average molecular weight is 347 g/mol. The van der Waals surface area contributed by atoms with Crippen LogP contribution in [0.1, 0.15) is 54.6 Å². The maximum absolute atomic E-state index is 12.9. The predicted octanol–water partition coefficient (Wildman–Crippen LogP) is 0.999. The summed E-state index contributed by atoms with van der Waals surface area (Å²) in [6, 6.07) is -0.465. The SMILES string of the molecule is COC12CCC(NC(=O)c3cnn4c3CN(C(N)=O)CC4)(CC1)CC2. The van der Waals surface area contributed by atoms with E-state index in [4.69, 9.17) is 10.5 Å². The molecular weight excluding hydrogens is 322 g/mol. The third-order valence-electron chi connectivity index (χ3n) is 6.42. The van der Waals surface area contributed by atoms with E-state index in [-0.39, 0.29) is 17.0 Å². The number of ether oxygens (including phenoxy) is 1. The van der Waals surface area contributed by atoms with E-state index in [1.165, 1.54) is 0 Å². The number of fused-ring (bicyclic) bond motifs is 4. The monoisotopic (exact) mass is 347 g/mol. The van der Waals surface area contributed by atoms with Gasteiger partial charge in [-0.2, -0.15) is 5.10 Å². The third kappa shape index (κ3) is 2.68. The Morgan fingerprint density at radius 3 is 2.48 bits per heavy atom. The molecule has 4 aliphatic rings. The number of primary amides is 1. The van der Waals surface area contributed by atoms with Gasteiger partial charge in [0.2, 0.25) is 0 Å². The van der Waals surface area contributed by atoms with Gasteiger partial charge in [-0.25, -0.2) is 4.79 Å². The first-order valence-corrected chi connectivity index (χ1v) is 8.93. The van der Waals surface area contributed by atoms with Crippen LogP contribution in [0.4, 0.5) is 4.79 Å². The van der Waals surface area contributed by atoms with Crippen LogP contribution in [0.5, 0.6) is 0 Å². The van der Waals surface area contributed by atoms with Crippen molar-refractivity contribution in [1.82, 2.24) is 20.0 Å². The van der Waals surface area contributed by atoms with E-state index in [2.05, 4.69) is 10.4 Å². The summed E-state index contributed by atoms with van der Waals surface area (Å²) in [5, 5.41) is 7.58. The molecule has 0 spiro atoms. The van der Waals surface area contributed by atoms with Crippen molar-refractivity contribution in [3.63, 3.8) is 0 Å². The normalized spacial score (nSPS) is 30.8. The minimum atomic E-state index is -0.465. The summed E-state index contributed by atoms with van der Waals surface area (Å²) in [5.41, 5.74) is 6.58. The minimum absolute atomic E-state index is 0.0192. The highest BCUT2D eigenvalue weighted by molar-refractivity contribution is 5.95. The van der Waals surface area contributed by atoms with Crippen LogP contribution >= 0.6 is 0 Å². The first-order valence-electron chi connectivity index (χ1n) is 8.93. The number of carbonyl (C=O) groups is 2. The van der Waals surface area contributed by atoms with Crippen molar-refractivity contribution in [3.8, 4) is 0 Å². The summed E-state index contributed by atoms with van der Waals surface area (Å²) in [4.78, 5) is 25.9. The van der Waals surface area contributed by atoms with Crippen molar-refractivity contribution in [2.45, 2.75) is 62.8 Å². The van der Waals surface area contributed by atoms with E-state index in [9.17, 15) is 9.59 Å². The lowest BCUT2D eigenvalue weighted by Crippen LogP contribution is -2.59. The van der Waals surface area contributed by atoms with Gasteiger partial charge in [-0.3, -0.25) is 9.48 Å². The lowest BCUT2D eigenvalue weighted by atomic mass is 9.63. The second-order valence-corrected chi connectivity index (χ2v) is 7.61. The highest BCUT2D eigenvalue weighted by Gasteiger charge is 2.49. The fourth-order valence-corrected chi connectivity index (χ4v) is 4.58. The molecule has 1 aromatic rings. The Kier molecular flexibility index (Phi) is 3.75. The Morgan fingerprint density at radius 2 is 1.88 bits per heavy atom. The lowest BCUT2D eigenvalue weighted by Gasteiger charge is -2.52. The summed E-state index contributed by atoms with van der Waals surface area (Å²) in [5.74, 6) is -0.0978. The van der Waals surface area contributed by atoms with E-state index < -0.39 is 6.03 Å². The molecular formula is C17H25N5O3. The number of nitrogens with two attached hydrogens (primary N) is 1. The van der Waals surface area contributed by atoms with Crippen LogP contribution in [-0.4, -0.2) is 51.4 Å². The standard InChI is InChI=1S/C17H25N5O3/c1-25-17-5-2-16(3-6-17,4-7-17)20-14(23)12-10-19-22-9-8-21(15(18)24)11-13(12)22/h10H,2-9,11H2,1H3,(H2,18,24)(H,20,23). The number of nitrogens with zero attached hydrogens (tertiary/aromatic N) is 3. The van der Waals surface area contributed by atoms with Crippen LogP contribution in [0.3, 0.4) is 0 Å². The Bertz CT molecular complexity index is 689. The molecule has 3 fully saturated rings. The first kappa shape index (κ1) is 16.4. The molecule has 136 valence electrons. The number of methoxy groups -OCH3 is 1. The summed E-state index contributed by atoms with van der Waals surface area (Å²) in [6.45, 7) is 1.42. The topological polar surface area (TPSA) is 102 Å². The minimum Gasteiger partial charge on any atom is -0.378 e. The van der Waals surface area contributed by atoms with E-state index in [1.54, 1.807) is 22.9 Å². The Balaban J connectivity index is 1.50. The molecule has 0 aromatic carbocycles. The molecule has 3 amide bonds. The number of aromatic nitrogens is 2. The van der Waals surface area contributed by atoms with Crippen molar-refractivity contribution >= 4 is 11.9 Å². The Labute approximate surface area is 146 Å². The van der Waals surface area contributed by atoms with Crippen molar-refractivity contribution < 1.29 is 14.3 Å². The van der Waals surface area contributed by atoms with Gasteiger partial charge >= 0.3 is 6.03 Å². The van der Waals surface area contributed by atoms with Gasteiger partial charge in [0.1, 0.15) is 0 Å². The van der Waals surface area contributed by atoms with E-state index in [1.807, 2.05) is 0 Å².